The molecule has 1 aliphatic rings. The first-order valence-corrected chi connectivity index (χ1v) is 3.40. The summed E-state index contributed by atoms with van der Waals surface area (Å²) >= 11 is 0. The minimum Gasteiger partial charge on any atom is -0.381 e. The highest BCUT2D eigenvalue weighted by atomic mass is 16.5. The molecular formula is C6H9N3O. The smallest absolute Gasteiger partial charge is 0.0879 e. The maximum Gasteiger partial charge on any atom is 0.0879 e. The second kappa shape index (κ2) is 2.38. The Morgan fingerprint density at radius 2 is 2.70 bits per heavy atom. The van der Waals surface area contributed by atoms with Crippen molar-refractivity contribution in [1.82, 2.24) is 15.4 Å². The molecule has 1 fully saturated rings. The van der Waals surface area contributed by atoms with E-state index in [4.69, 9.17) is 4.74 Å². The molecule has 1 N–H and O–H groups in total. The Bertz CT molecular complexity index is 191. The van der Waals surface area contributed by atoms with Crippen molar-refractivity contribution in [2.75, 3.05) is 13.2 Å². The summed E-state index contributed by atoms with van der Waals surface area (Å²) in [7, 11) is 0. The predicted molar refractivity (Wildman–Crippen MR) is 34.6 cm³/mol. The van der Waals surface area contributed by atoms with Crippen molar-refractivity contribution in [2.24, 2.45) is 0 Å². The first kappa shape index (κ1) is 5.85. The number of nitrogens with one attached hydrogen (secondary N) is 1. The van der Waals surface area contributed by atoms with Crippen LogP contribution in [0.15, 0.2) is 6.20 Å². The van der Waals surface area contributed by atoms with E-state index in [1.165, 1.54) is 0 Å². The van der Waals surface area contributed by atoms with E-state index in [-0.39, 0.29) is 0 Å². The molecule has 1 aromatic heterocycles. The molecule has 0 bridgehead atoms. The van der Waals surface area contributed by atoms with Crippen LogP contribution in [0.1, 0.15) is 18.0 Å². The summed E-state index contributed by atoms with van der Waals surface area (Å²) in [6, 6.07) is 0. The number of hydrogen-bond donors (Lipinski definition) is 1. The average Bonchev–Trinajstić information content (AvgIpc) is 2.59. The largest absolute Gasteiger partial charge is 0.381 e. The Labute approximate surface area is 58.6 Å². The summed E-state index contributed by atoms with van der Waals surface area (Å²) in [5.41, 5.74) is 1.03. The Hall–Kier alpha value is -0.900. The summed E-state index contributed by atoms with van der Waals surface area (Å²) in [4.78, 5) is 0. The molecule has 1 saturated heterocycles. The van der Waals surface area contributed by atoms with Gasteiger partial charge in [-0.2, -0.15) is 15.4 Å². The molecule has 0 aromatic carbocycles. The first-order valence-electron chi connectivity index (χ1n) is 3.40. The van der Waals surface area contributed by atoms with Crippen molar-refractivity contribution in [2.45, 2.75) is 12.3 Å². The van der Waals surface area contributed by atoms with E-state index >= 15 is 0 Å². The van der Waals surface area contributed by atoms with Gasteiger partial charge in [-0.05, 0) is 6.42 Å². The number of aromatic amines is 1. The van der Waals surface area contributed by atoms with Gasteiger partial charge in [0.25, 0.3) is 0 Å². The third kappa shape index (κ3) is 0.903. The Balaban J connectivity index is 2.12. The summed E-state index contributed by atoms with van der Waals surface area (Å²) in [5.74, 6) is 0.471. The van der Waals surface area contributed by atoms with E-state index in [1.807, 2.05) is 0 Å². The lowest BCUT2D eigenvalue weighted by molar-refractivity contribution is 0.193. The summed E-state index contributed by atoms with van der Waals surface area (Å²) in [6.45, 7) is 1.66. The second-order valence-electron chi connectivity index (χ2n) is 2.46. The van der Waals surface area contributed by atoms with E-state index in [0.29, 0.717) is 5.92 Å². The normalized spacial score (nSPS) is 25.4. The highest BCUT2D eigenvalue weighted by Gasteiger charge is 2.19. The zero-order valence-corrected chi connectivity index (χ0v) is 5.58. The number of H-pyrrole nitrogens is 1. The lowest BCUT2D eigenvalue weighted by Crippen LogP contribution is -1.97. The fraction of sp³-hybridized carbons (Fsp3) is 0.667. The topological polar surface area (TPSA) is 50.8 Å². The fourth-order valence-electron chi connectivity index (χ4n) is 1.17. The lowest BCUT2D eigenvalue weighted by atomic mass is 10.1. The quantitative estimate of drug-likeness (QED) is 0.609. The van der Waals surface area contributed by atoms with Crippen LogP contribution < -0.4 is 0 Å². The van der Waals surface area contributed by atoms with E-state index in [1.54, 1.807) is 6.20 Å². The van der Waals surface area contributed by atoms with Crippen LogP contribution in [0, 0.1) is 0 Å². The van der Waals surface area contributed by atoms with Crippen LogP contribution in [-0.2, 0) is 4.74 Å². The third-order valence-corrected chi connectivity index (χ3v) is 1.78. The highest BCUT2D eigenvalue weighted by Crippen LogP contribution is 2.21. The third-order valence-electron chi connectivity index (χ3n) is 1.78. The van der Waals surface area contributed by atoms with Gasteiger partial charge in [0.1, 0.15) is 0 Å². The lowest BCUT2D eigenvalue weighted by Gasteiger charge is -1.98. The van der Waals surface area contributed by atoms with Gasteiger partial charge in [-0.25, -0.2) is 0 Å². The number of ether oxygens (including phenoxy) is 1. The zero-order valence-electron chi connectivity index (χ0n) is 5.58. The van der Waals surface area contributed by atoms with Gasteiger partial charge in [-0.3, -0.25) is 0 Å². The molecule has 2 heterocycles. The van der Waals surface area contributed by atoms with Crippen LogP contribution in [0.3, 0.4) is 0 Å². The van der Waals surface area contributed by atoms with E-state index in [2.05, 4.69) is 15.4 Å². The molecule has 4 nitrogen and oxygen atoms in total. The molecule has 0 aliphatic carbocycles. The Morgan fingerprint density at radius 1 is 1.70 bits per heavy atom. The molecule has 0 amide bonds. The van der Waals surface area contributed by atoms with Gasteiger partial charge in [-0.15, -0.1) is 0 Å². The minimum atomic E-state index is 0.471. The van der Waals surface area contributed by atoms with Crippen molar-refractivity contribution in [3.63, 3.8) is 0 Å². The predicted octanol–water partition coefficient (Wildman–Crippen LogP) is 0.309. The van der Waals surface area contributed by atoms with Gasteiger partial charge in [-0.1, -0.05) is 0 Å². The van der Waals surface area contributed by atoms with Crippen LogP contribution in [0.5, 0.6) is 0 Å². The molecule has 54 valence electrons. The molecule has 2 rings (SSSR count). The molecule has 4 heteroatoms. The van der Waals surface area contributed by atoms with Gasteiger partial charge in [0, 0.05) is 12.5 Å². The highest BCUT2D eigenvalue weighted by molar-refractivity contribution is 5.02. The molecule has 0 radical (unpaired) electrons. The summed E-state index contributed by atoms with van der Waals surface area (Å²) < 4.78 is 5.20. The number of aromatic nitrogens is 3. The van der Waals surface area contributed by atoms with Crippen molar-refractivity contribution < 1.29 is 4.74 Å². The zero-order chi connectivity index (χ0) is 6.81. The standard InChI is InChI=1S/C6H9N3O/c1-2-10-4-5(1)6-3-7-9-8-6/h3,5H,1-2,4H2,(H,7,8,9). The maximum absolute atomic E-state index is 5.20. The molecule has 1 atom stereocenters. The molecule has 0 spiro atoms. The SMILES string of the molecule is c1n[nH]nc1C1CCOC1. The second-order valence-corrected chi connectivity index (χ2v) is 2.46. The number of nitrogens with zero attached hydrogens (tertiary/aromatic N) is 2. The fourth-order valence-corrected chi connectivity index (χ4v) is 1.17. The molecular weight excluding hydrogens is 130 g/mol. The van der Waals surface area contributed by atoms with Crippen LogP contribution in [0.4, 0.5) is 0 Å². The Kier molecular flexibility index (Phi) is 1.39. The summed E-state index contributed by atoms with van der Waals surface area (Å²) in [5, 5.41) is 10.3. The van der Waals surface area contributed by atoms with Crippen LogP contribution in [-0.4, -0.2) is 28.6 Å². The maximum atomic E-state index is 5.20. The number of rotatable bonds is 1. The van der Waals surface area contributed by atoms with Gasteiger partial charge in [0.05, 0.1) is 18.5 Å². The van der Waals surface area contributed by atoms with Crippen molar-refractivity contribution >= 4 is 0 Å². The van der Waals surface area contributed by atoms with Gasteiger partial charge < -0.3 is 4.74 Å². The summed E-state index contributed by atoms with van der Waals surface area (Å²) in [6.07, 6.45) is 2.84. The van der Waals surface area contributed by atoms with Crippen LogP contribution in [0.2, 0.25) is 0 Å². The van der Waals surface area contributed by atoms with E-state index in [9.17, 15) is 0 Å². The monoisotopic (exact) mass is 139 g/mol. The molecule has 1 aliphatic heterocycles. The molecule has 0 saturated carbocycles. The molecule has 1 unspecified atom stereocenters. The number of hydrogen-bond acceptors (Lipinski definition) is 3. The van der Waals surface area contributed by atoms with E-state index in [0.717, 1.165) is 25.3 Å². The van der Waals surface area contributed by atoms with Crippen molar-refractivity contribution in [3.8, 4) is 0 Å². The van der Waals surface area contributed by atoms with Crippen LogP contribution in [0.25, 0.3) is 0 Å². The van der Waals surface area contributed by atoms with Crippen LogP contribution >= 0.6 is 0 Å². The minimum absolute atomic E-state index is 0.471. The first-order chi connectivity index (χ1) is 4.97. The average molecular weight is 139 g/mol. The Morgan fingerprint density at radius 3 is 3.30 bits per heavy atom. The van der Waals surface area contributed by atoms with Gasteiger partial charge in [0.2, 0.25) is 0 Å². The van der Waals surface area contributed by atoms with Gasteiger partial charge >= 0.3 is 0 Å². The van der Waals surface area contributed by atoms with E-state index < -0.39 is 0 Å². The molecule has 10 heavy (non-hydrogen) atoms. The van der Waals surface area contributed by atoms with Crippen molar-refractivity contribution in [1.29, 1.82) is 0 Å². The van der Waals surface area contributed by atoms with Crippen molar-refractivity contribution in [3.05, 3.63) is 11.9 Å². The van der Waals surface area contributed by atoms with Gasteiger partial charge in [0.15, 0.2) is 0 Å². The molecule has 1 aromatic rings.